The minimum atomic E-state index is 0.0880. The topological polar surface area (TPSA) is 60.7 Å². The van der Waals surface area contributed by atoms with Gasteiger partial charge in [0.15, 0.2) is 0 Å². The molecule has 1 aromatic rings. The van der Waals surface area contributed by atoms with Gasteiger partial charge >= 0.3 is 0 Å². The zero-order valence-corrected chi connectivity index (χ0v) is 5.65. The third-order valence-electron chi connectivity index (χ3n) is 0.830. The Balaban J connectivity index is 0.000000371. The van der Waals surface area contributed by atoms with Crippen LogP contribution in [0.25, 0.3) is 0 Å². The fourth-order valence-corrected chi connectivity index (χ4v) is 0.493. The second-order valence-corrected chi connectivity index (χ2v) is 1.52. The summed E-state index contributed by atoms with van der Waals surface area (Å²) in [4.78, 5) is 0. The van der Waals surface area contributed by atoms with Crippen LogP contribution in [0.5, 0.6) is 11.5 Å². The molecule has 0 aliphatic rings. The molecule has 3 N–H and O–H groups in total. The van der Waals surface area contributed by atoms with E-state index in [0.29, 0.717) is 0 Å². The van der Waals surface area contributed by atoms with E-state index in [1.165, 1.54) is 18.2 Å². The Bertz CT molecular complexity index is 169. The van der Waals surface area contributed by atoms with Crippen LogP contribution in [-0.4, -0.2) is 22.4 Å². The Morgan fingerprint density at radius 1 is 1.00 bits per heavy atom. The molecule has 0 atom stereocenters. The molecule has 0 fully saturated rings. The number of rotatable bonds is 0. The lowest BCUT2D eigenvalue weighted by Gasteiger charge is -1.89. The molecule has 0 aliphatic carbocycles. The molecule has 0 spiro atoms. The highest BCUT2D eigenvalue weighted by Gasteiger charge is 1.85. The molecule has 0 saturated heterocycles. The average Bonchev–Trinajstić information content (AvgIpc) is 1.91. The standard InChI is InChI=1S/C6H6O2.CH4O/c7-5-2-1-3-6(8)4-5;1-2/h1-4,7-8H;2H,1H3. The summed E-state index contributed by atoms with van der Waals surface area (Å²) in [5.74, 6) is 0.176. The lowest BCUT2D eigenvalue weighted by atomic mass is 10.3. The average molecular weight is 142 g/mol. The van der Waals surface area contributed by atoms with Crippen LogP contribution in [0.15, 0.2) is 24.3 Å². The maximum atomic E-state index is 8.65. The molecule has 3 nitrogen and oxygen atoms in total. The highest BCUT2D eigenvalue weighted by molar-refractivity contribution is 5.30. The minimum absolute atomic E-state index is 0.0880. The lowest BCUT2D eigenvalue weighted by Crippen LogP contribution is -1.61. The van der Waals surface area contributed by atoms with Crippen molar-refractivity contribution in [2.24, 2.45) is 0 Å². The molecule has 3 heteroatoms. The molecule has 0 radical (unpaired) electrons. The van der Waals surface area contributed by atoms with Crippen molar-refractivity contribution >= 4 is 0 Å². The molecule has 0 heterocycles. The van der Waals surface area contributed by atoms with Gasteiger partial charge in [-0.25, -0.2) is 0 Å². The van der Waals surface area contributed by atoms with Gasteiger partial charge in [0.2, 0.25) is 0 Å². The first kappa shape index (κ1) is 8.78. The maximum Gasteiger partial charge on any atom is 0.119 e. The minimum Gasteiger partial charge on any atom is -0.508 e. The van der Waals surface area contributed by atoms with Gasteiger partial charge in [-0.2, -0.15) is 0 Å². The smallest absolute Gasteiger partial charge is 0.119 e. The first-order valence-electron chi connectivity index (χ1n) is 2.72. The van der Waals surface area contributed by atoms with Crippen LogP contribution in [0.1, 0.15) is 0 Å². The predicted octanol–water partition coefficient (Wildman–Crippen LogP) is 0.706. The normalized spacial score (nSPS) is 7.80. The van der Waals surface area contributed by atoms with E-state index in [1.807, 2.05) is 0 Å². The number of hydrogen-bond donors (Lipinski definition) is 3. The van der Waals surface area contributed by atoms with Crippen molar-refractivity contribution in [2.45, 2.75) is 0 Å². The number of aliphatic hydroxyl groups is 1. The van der Waals surface area contributed by atoms with Crippen molar-refractivity contribution in [2.75, 3.05) is 7.11 Å². The summed E-state index contributed by atoms with van der Waals surface area (Å²) in [6, 6.07) is 5.85. The van der Waals surface area contributed by atoms with Crippen molar-refractivity contribution in [3.8, 4) is 11.5 Å². The molecule has 0 aromatic heterocycles. The third-order valence-corrected chi connectivity index (χ3v) is 0.830. The monoisotopic (exact) mass is 142 g/mol. The molecule has 0 aliphatic heterocycles. The molecule has 10 heavy (non-hydrogen) atoms. The zero-order chi connectivity index (χ0) is 7.98. The number of aliphatic hydroxyl groups excluding tert-OH is 1. The van der Waals surface area contributed by atoms with Crippen LogP contribution < -0.4 is 0 Å². The van der Waals surface area contributed by atoms with Crippen LogP contribution in [0, 0.1) is 0 Å². The van der Waals surface area contributed by atoms with E-state index in [0.717, 1.165) is 7.11 Å². The number of hydrogen-bond acceptors (Lipinski definition) is 3. The lowest BCUT2D eigenvalue weighted by molar-refractivity contribution is 0.399. The summed E-state index contributed by atoms with van der Waals surface area (Å²) >= 11 is 0. The Labute approximate surface area is 59.2 Å². The first-order valence-corrected chi connectivity index (χ1v) is 2.72. The van der Waals surface area contributed by atoms with E-state index < -0.39 is 0 Å². The maximum absolute atomic E-state index is 8.65. The van der Waals surface area contributed by atoms with E-state index in [1.54, 1.807) is 6.07 Å². The van der Waals surface area contributed by atoms with E-state index in [9.17, 15) is 0 Å². The third kappa shape index (κ3) is 2.94. The number of phenols is 2. The van der Waals surface area contributed by atoms with E-state index in [2.05, 4.69) is 0 Å². The Hall–Kier alpha value is -1.22. The van der Waals surface area contributed by atoms with E-state index in [-0.39, 0.29) is 11.5 Å². The van der Waals surface area contributed by atoms with Crippen LogP contribution in [0.3, 0.4) is 0 Å². The highest BCUT2D eigenvalue weighted by Crippen LogP contribution is 2.14. The molecular weight excluding hydrogens is 132 g/mol. The summed E-state index contributed by atoms with van der Waals surface area (Å²) < 4.78 is 0. The Morgan fingerprint density at radius 3 is 1.60 bits per heavy atom. The van der Waals surface area contributed by atoms with Gasteiger partial charge in [0.1, 0.15) is 11.5 Å². The summed E-state index contributed by atoms with van der Waals surface area (Å²) in [6.45, 7) is 0. The van der Waals surface area contributed by atoms with Crippen LogP contribution in [0.2, 0.25) is 0 Å². The number of phenolic OH excluding ortho intramolecular Hbond substituents is 2. The zero-order valence-electron chi connectivity index (χ0n) is 5.65. The van der Waals surface area contributed by atoms with Crippen molar-refractivity contribution in [3.63, 3.8) is 0 Å². The SMILES string of the molecule is CO.Oc1cccc(O)c1. The molecule has 56 valence electrons. The molecule has 0 bridgehead atoms. The molecule has 1 rings (SSSR count). The summed E-state index contributed by atoms with van der Waals surface area (Å²) in [5, 5.41) is 24.3. The van der Waals surface area contributed by atoms with Crippen molar-refractivity contribution in [3.05, 3.63) is 24.3 Å². The number of aromatic hydroxyl groups is 2. The van der Waals surface area contributed by atoms with E-state index >= 15 is 0 Å². The van der Waals surface area contributed by atoms with Gasteiger partial charge in [-0.1, -0.05) is 6.07 Å². The summed E-state index contributed by atoms with van der Waals surface area (Å²) in [6.07, 6.45) is 0. The van der Waals surface area contributed by atoms with Gasteiger partial charge in [-0.15, -0.1) is 0 Å². The van der Waals surface area contributed by atoms with Crippen molar-refractivity contribution in [1.29, 1.82) is 0 Å². The van der Waals surface area contributed by atoms with Gasteiger partial charge in [-0.05, 0) is 12.1 Å². The van der Waals surface area contributed by atoms with Gasteiger partial charge in [0.05, 0.1) is 0 Å². The molecule has 0 unspecified atom stereocenters. The summed E-state index contributed by atoms with van der Waals surface area (Å²) in [5.41, 5.74) is 0. The molecule has 0 saturated carbocycles. The first-order chi connectivity index (χ1) is 4.79. The molecule has 1 aromatic carbocycles. The second kappa shape index (κ2) is 4.64. The van der Waals surface area contributed by atoms with Crippen molar-refractivity contribution < 1.29 is 15.3 Å². The largest absolute Gasteiger partial charge is 0.508 e. The number of benzene rings is 1. The Morgan fingerprint density at radius 2 is 1.40 bits per heavy atom. The van der Waals surface area contributed by atoms with Crippen LogP contribution in [0.4, 0.5) is 0 Å². The van der Waals surface area contributed by atoms with Crippen LogP contribution >= 0.6 is 0 Å². The highest BCUT2D eigenvalue weighted by atomic mass is 16.3. The van der Waals surface area contributed by atoms with Gasteiger partial charge in [0, 0.05) is 13.2 Å². The fourth-order valence-electron chi connectivity index (χ4n) is 0.493. The van der Waals surface area contributed by atoms with Gasteiger partial charge in [-0.3, -0.25) is 0 Å². The fraction of sp³-hybridized carbons (Fsp3) is 0.143. The van der Waals surface area contributed by atoms with Crippen LogP contribution in [-0.2, 0) is 0 Å². The molecule has 0 amide bonds. The quantitative estimate of drug-likeness (QED) is 0.500. The predicted molar refractivity (Wildman–Crippen MR) is 37.9 cm³/mol. The summed E-state index contributed by atoms with van der Waals surface area (Å²) in [7, 11) is 1.00. The van der Waals surface area contributed by atoms with E-state index in [4.69, 9.17) is 15.3 Å². The second-order valence-electron chi connectivity index (χ2n) is 1.52. The van der Waals surface area contributed by atoms with Gasteiger partial charge < -0.3 is 15.3 Å². The molecular formula is C7H10O3. The van der Waals surface area contributed by atoms with Crippen molar-refractivity contribution in [1.82, 2.24) is 0 Å². The van der Waals surface area contributed by atoms with Gasteiger partial charge in [0.25, 0.3) is 0 Å². The Kier molecular flexibility index (Phi) is 4.07.